The quantitative estimate of drug-likeness (QED) is 0.361. The van der Waals surface area contributed by atoms with Crippen LogP contribution in [0.5, 0.6) is 0 Å². The van der Waals surface area contributed by atoms with Crippen molar-refractivity contribution in [2.75, 3.05) is 6.61 Å². The summed E-state index contributed by atoms with van der Waals surface area (Å²) < 4.78 is 4.67. The number of ether oxygens (including phenoxy) is 1. The van der Waals surface area contributed by atoms with Crippen LogP contribution in [0.15, 0.2) is 12.7 Å². The standard InChI is InChI=1S/C7H12O2.ClH/c1-3-5-6-9-7(8)4-2;/h4H,2-3,5-6H2,1H3;1H. The van der Waals surface area contributed by atoms with Crippen molar-refractivity contribution in [2.45, 2.75) is 19.8 Å². The van der Waals surface area contributed by atoms with Gasteiger partial charge in [-0.15, -0.1) is 12.4 Å². The lowest BCUT2D eigenvalue weighted by Gasteiger charge is -1.97. The van der Waals surface area contributed by atoms with Crippen LogP contribution in [0.4, 0.5) is 0 Å². The maximum Gasteiger partial charge on any atom is 0.330 e. The van der Waals surface area contributed by atoms with Gasteiger partial charge in [0.15, 0.2) is 0 Å². The zero-order valence-corrected chi connectivity index (χ0v) is 6.95. The van der Waals surface area contributed by atoms with Crippen LogP contribution in [0, 0.1) is 0 Å². The first kappa shape index (κ1) is 12.2. The van der Waals surface area contributed by atoms with Crippen LogP contribution < -0.4 is 0 Å². The van der Waals surface area contributed by atoms with Gasteiger partial charge >= 0.3 is 5.97 Å². The monoisotopic (exact) mass is 164 g/mol. The molecular formula is C7H13ClO2. The van der Waals surface area contributed by atoms with Gasteiger partial charge in [-0.05, 0) is 6.42 Å². The van der Waals surface area contributed by atoms with E-state index in [1.54, 1.807) is 0 Å². The van der Waals surface area contributed by atoms with Gasteiger partial charge in [0.25, 0.3) is 0 Å². The molecule has 0 radical (unpaired) electrons. The van der Waals surface area contributed by atoms with Gasteiger partial charge in [0, 0.05) is 6.08 Å². The van der Waals surface area contributed by atoms with Crippen LogP contribution >= 0.6 is 12.4 Å². The van der Waals surface area contributed by atoms with E-state index < -0.39 is 0 Å². The minimum Gasteiger partial charge on any atom is -0.463 e. The summed E-state index contributed by atoms with van der Waals surface area (Å²) in [7, 11) is 0. The fourth-order valence-electron chi connectivity index (χ4n) is 0.376. The summed E-state index contributed by atoms with van der Waals surface area (Å²) in [5.41, 5.74) is 0. The molecule has 0 aliphatic carbocycles. The van der Waals surface area contributed by atoms with Crippen LogP contribution in [0.2, 0.25) is 0 Å². The number of rotatable bonds is 4. The molecule has 0 fully saturated rings. The van der Waals surface area contributed by atoms with Crippen LogP contribution in [-0.2, 0) is 9.53 Å². The molecule has 0 aliphatic rings. The van der Waals surface area contributed by atoms with Gasteiger partial charge in [0.2, 0.25) is 0 Å². The number of carbonyl (C=O) groups excluding carboxylic acids is 1. The molecule has 0 saturated carbocycles. The smallest absolute Gasteiger partial charge is 0.330 e. The van der Waals surface area contributed by atoms with Crippen LogP contribution in [-0.4, -0.2) is 12.6 Å². The molecule has 0 aromatic carbocycles. The van der Waals surface area contributed by atoms with Gasteiger partial charge in [-0.2, -0.15) is 0 Å². The van der Waals surface area contributed by atoms with E-state index in [-0.39, 0.29) is 18.4 Å². The number of carbonyl (C=O) groups is 1. The highest BCUT2D eigenvalue weighted by Crippen LogP contribution is 1.88. The normalized spacial score (nSPS) is 7.70. The Morgan fingerprint density at radius 2 is 2.30 bits per heavy atom. The molecule has 0 N–H and O–H groups in total. The van der Waals surface area contributed by atoms with Gasteiger partial charge in [0.05, 0.1) is 6.61 Å². The minimum absolute atomic E-state index is 0. The van der Waals surface area contributed by atoms with Crippen molar-refractivity contribution >= 4 is 18.4 Å². The van der Waals surface area contributed by atoms with E-state index in [1.807, 2.05) is 6.92 Å². The summed E-state index contributed by atoms with van der Waals surface area (Å²) in [6.07, 6.45) is 3.15. The van der Waals surface area contributed by atoms with E-state index in [0.29, 0.717) is 6.61 Å². The zero-order valence-electron chi connectivity index (χ0n) is 6.13. The number of esters is 1. The average Bonchev–Trinajstić information content (AvgIpc) is 1.89. The van der Waals surface area contributed by atoms with Crippen molar-refractivity contribution in [1.29, 1.82) is 0 Å². The van der Waals surface area contributed by atoms with Crippen LogP contribution in [0.25, 0.3) is 0 Å². The molecule has 0 unspecified atom stereocenters. The lowest BCUT2D eigenvalue weighted by molar-refractivity contribution is -0.137. The van der Waals surface area contributed by atoms with E-state index in [4.69, 9.17) is 0 Å². The van der Waals surface area contributed by atoms with Crippen molar-refractivity contribution in [3.8, 4) is 0 Å². The molecule has 0 aromatic heterocycles. The highest BCUT2D eigenvalue weighted by atomic mass is 35.5. The van der Waals surface area contributed by atoms with Crippen molar-refractivity contribution in [3.63, 3.8) is 0 Å². The molecule has 3 heteroatoms. The molecule has 0 aliphatic heterocycles. The second-order valence-corrected chi connectivity index (χ2v) is 1.73. The molecule has 0 heterocycles. The van der Waals surface area contributed by atoms with Crippen LogP contribution in [0.3, 0.4) is 0 Å². The Morgan fingerprint density at radius 1 is 1.70 bits per heavy atom. The number of hydrogen-bond acceptors (Lipinski definition) is 2. The Labute approximate surface area is 67.7 Å². The summed E-state index contributed by atoms with van der Waals surface area (Å²) in [4.78, 5) is 10.3. The Bertz CT molecular complexity index is 102. The summed E-state index contributed by atoms with van der Waals surface area (Å²) >= 11 is 0. The molecule has 10 heavy (non-hydrogen) atoms. The molecule has 0 rings (SSSR count). The Morgan fingerprint density at radius 3 is 2.70 bits per heavy atom. The third-order valence-corrected chi connectivity index (χ3v) is 0.909. The minimum atomic E-state index is -0.330. The van der Waals surface area contributed by atoms with E-state index in [1.165, 1.54) is 6.08 Å². The largest absolute Gasteiger partial charge is 0.463 e. The summed E-state index contributed by atoms with van der Waals surface area (Å²) in [6, 6.07) is 0. The fourth-order valence-corrected chi connectivity index (χ4v) is 0.376. The van der Waals surface area contributed by atoms with Gasteiger partial charge < -0.3 is 4.74 Å². The van der Waals surface area contributed by atoms with Gasteiger partial charge in [0.1, 0.15) is 0 Å². The summed E-state index contributed by atoms with van der Waals surface area (Å²) in [6.45, 7) is 5.82. The maximum atomic E-state index is 10.3. The first-order valence-corrected chi connectivity index (χ1v) is 3.10. The molecule has 0 atom stereocenters. The van der Waals surface area contributed by atoms with E-state index in [2.05, 4.69) is 11.3 Å². The maximum absolute atomic E-state index is 10.3. The first-order valence-electron chi connectivity index (χ1n) is 3.10. The second kappa shape index (κ2) is 8.50. The molecule has 60 valence electrons. The predicted octanol–water partition coefficient (Wildman–Crippen LogP) is 1.94. The third-order valence-electron chi connectivity index (χ3n) is 0.909. The molecule has 0 bridgehead atoms. The number of unbranched alkanes of at least 4 members (excludes halogenated alkanes) is 1. The Hall–Kier alpha value is -0.500. The molecule has 0 spiro atoms. The lowest BCUT2D eigenvalue weighted by atomic mass is 10.4. The Kier molecular flexibility index (Phi) is 10.4. The van der Waals surface area contributed by atoms with Crippen LogP contribution in [0.1, 0.15) is 19.8 Å². The van der Waals surface area contributed by atoms with E-state index in [9.17, 15) is 4.79 Å². The summed E-state index contributed by atoms with van der Waals surface area (Å²) in [5, 5.41) is 0. The second-order valence-electron chi connectivity index (χ2n) is 1.73. The zero-order chi connectivity index (χ0) is 7.11. The van der Waals surface area contributed by atoms with Crippen molar-refractivity contribution in [2.24, 2.45) is 0 Å². The average molecular weight is 165 g/mol. The van der Waals surface area contributed by atoms with Gasteiger partial charge in [-0.25, -0.2) is 4.79 Å². The molecule has 0 saturated heterocycles. The summed E-state index contributed by atoms with van der Waals surface area (Å²) in [5.74, 6) is -0.330. The highest BCUT2D eigenvalue weighted by Gasteiger charge is 1.91. The predicted molar refractivity (Wildman–Crippen MR) is 43.3 cm³/mol. The van der Waals surface area contributed by atoms with Crippen molar-refractivity contribution in [3.05, 3.63) is 12.7 Å². The Balaban J connectivity index is 0. The molecular weight excluding hydrogens is 152 g/mol. The third kappa shape index (κ3) is 7.50. The van der Waals surface area contributed by atoms with E-state index >= 15 is 0 Å². The lowest BCUT2D eigenvalue weighted by Crippen LogP contribution is -2.00. The van der Waals surface area contributed by atoms with Crippen molar-refractivity contribution in [1.82, 2.24) is 0 Å². The number of hydrogen-bond donors (Lipinski definition) is 0. The van der Waals surface area contributed by atoms with Crippen molar-refractivity contribution < 1.29 is 9.53 Å². The first-order chi connectivity index (χ1) is 4.31. The van der Waals surface area contributed by atoms with Gasteiger partial charge in [-0.1, -0.05) is 19.9 Å². The molecule has 2 nitrogen and oxygen atoms in total. The number of halogens is 1. The topological polar surface area (TPSA) is 26.3 Å². The van der Waals surface area contributed by atoms with E-state index in [0.717, 1.165) is 12.8 Å². The molecule has 0 amide bonds. The SMILES string of the molecule is C=CC(=O)OCCCC.Cl. The fraction of sp³-hybridized carbons (Fsp3) is 0.571. The molecule has 0 aromatic rings. The van der Waals surface area contributed by atoms with Gasteiger partial charge in [-0.3, -0.25) is 0 Å². The highest BCUT2D eigenvalue weighted by molar-refractivity contribution is 5.85.